The lowest BCUT2D eigenvalue weighted by atomic mass is 10.1. The third kappa shape index (κ3) is 3.71. The van der Waals surface area contributed by atoms with Crippen molar-refractivity contribution in [3.05, 3.63) is 33.9 Å². The molecule has 0 radical (unpaired) electrons. The van der Waals surface area contributed by atoms with Crippen LogP contribution in [0.1, 0.15) is 12.5 Å². The SMILES string of the molecule is COCC(C)CNc1cccc([N+](=O)[O-])c1C. The minimum Gasteiger partial charge on any atom is -0.384 e. The molecule has 0 bridgehead atoms. The van der Waals surface area contributed by atoms with Gasteiger partial charge in [0, 0.05) is 31.0 Å². The molecule has 1 aromatic rings. The van der Waals surface area contributed by atoms with E-state index in [2.05, 4.69) is 12.2 Å². The number of nitro benzene ring substituents is 1. The molecule has 0 aliphatic carbocycles. The minimum atomic E-state index is -0.362. The second-order valence-electron chi connectivity index (χ2n) is 4.15. The summed E-state index contributed by atoms with van der Waals surface area (Å²) in [6.45, 7) is 5.21. The molecule has 0 saturated heterocycles. The zero-order valence-corrected chi connectivity index (χ0v) is 10.4. The fourth-order valence-electron chi connectivity index (χ4n) is 1.64. The molecule has 1 atom stereocenters. The number of anilines is 1. The van der Waals surface area contributed by atoms with E-state index in [4.69, 9.17) is 4.74 Å². The fraction of sp³-hybridized carbons (Fsp3) is 0.500. The Morgan fingerprint density at radius 3 is 2.82 bits per heavy atom. The number of hydrogen-bond acceptors (Lipinski definition) is 4. The van der Waals surface area contributed by atoms with Gasteiger partial charge < -0.3 is 10.1 Å². The van der Waals surface area contributed by atoms with Gasteiger partial charge in [-0.1, -0.05) is 13.0 Å². The van der Waals surface area contributed by atoms with Gasteiger partial charge in [0.1, 0.15) is 0 Å². The topological polar surface area (TPSA) is 64.4 Å². The summed E-state index contributed by atoms with van der Waals surface area (Å²) >= 11 is 0. The van der Waals surface area contributed by atoms with Crippen molar-refractivity contribution < 1.29 is 9.66 Å². The van der Waals surface area contributed by atoms with Crippen LogP contribution in [0.25, 0.3) is 0 Å². The normalized spacial score (nSPS) is 12.2. The molecule has 0 fully saturated rings. The van der Waals surface area contributed by atoms with Crippen LogP contribution in [0, 0.1) is 23.0 Å². The Bertz CT molecular complexity index is 393. The van der Waals surface area contributed by atoms with Gasteiger partial charge in [-0.2, -0.15) is 0 Å². The average molecular weight is 238 g/mol. The highest BCUT2D eigenvalue weighted by Gasteiger charge is 2.13. The quantitative estimate of drug-likeness (QED) is 0.611. The van der Waals surface area contributed by atoms with E-state index in [1.54, 1.807) is 20.1 Å². The summed E-state index contributed by atoms with van der Waals surface area (Å²) in [5.41, 5.74) is 1.62. The van der Waals surface area contributed by atoms with Crippen molar-refractivity contribution in [2.75, 3.05) is 25.6 Å². The maximum Gasteiger partial charge on any atom is 0.274 e. The first-order chi connectivity index (χ1) is 8.06. The number of rotatable bonds is 6. The number of benzene rings is 1. The number of nitrogens with zero attached hydrogens (tertiary/aromatic N) is 1. The van der Waals surface area contributed by atoms with Crippen LogP contribution in [0.15, 0.2) is 18.2 Å². The van der Waals surface area contributed by atoms with Crippen molar-refractivity contribution in [2.24, 2.45) is 5.92 Å². The maximum absolute atomic E-state index is 10.8. The first-order valence-corrected chi connectivity index (χ1v) is 5.53. The van der Waals surface area contributed by atoms with Gasteiger partial charge >= 0.3 is 0 Å². The molecule has 1 aromatic carbocycles. The Morgan fingerprint density at radius 1 is 1.53 bits per heavy atom. The van der Waals surface area contributed by atoms with Crippen molar-refractivity contribution in [3.8, 4) is 0 Å². The van der Waals surface area contributed by atoms with Gasteiger partial charge in [-0.3, -0.25) is 10.1 Å². The molecular formula is C12H18N2O3. The van der Waals surface area contributed by atoms with Crippen LogP contribution in [0.4, 0.5) is 11.4 Å². The Kier molecular flexibility index (Phi) is 4.90. The Morgan fingerprint density at radius 2 is 2.24 bits per heavy atom. The molecule has 5 nitrogen and oxygen atoms in total. The standard InChI is InChI=1S/C12H18N2O3/c1-9(8-17-3)7-13-11-5-4-6-12(10(11)2)14(15)16/h4-6,9,13H,7-8H2,1-3H3. The minimum absolute atomic E-state index is 0.148. The molecule has 5 heteroatoms. The van der Waals surface area contributed by atoms with Crippen LogP contribution in [0.3, 0.4) is 0 Å². The molecular weight excluding hydrogens is 220 g/mol. The van der Waals surface area contributed by atoms with Gasteiger partial charge in [0.15, 0.2) is 0 Å². The zero-order valence-electron chi connectivity index (χ0n) is 10.4. The van der Waals surface area contributed by atoms with E-state index in [9.17, 15) is 10.1 Å². The fourth-order valence-corrected chi connectivity index (χ4v) is 1.64. The second kappa shape index (κ2) is 6.20. The second-order valence-corrected chi connectivity index (χ2v) is 4.15. The molecule has 94 valence electrons. The molecule has 0 aliphatic rings. The van der Waals surface area contributed by atoms with E-state index in [0.717, 1.165) is 12.2 Å². The molecule has 0 spiro atoms. The molecule has 0 aromatic heterocycles. The predicted molar refractivity (Wildman–Crippen MR) is 67.4 cm³/mol. The van der Waals surface area contributed by atoms with E-state index >= 15 is 0 Å². The first kappa shape index (κ1) is 13.4. The highest BCUT2D eigenvalue weighted by Crippen LogP contribution is 2.25. The molecule has 0 heterocycles. The average Bonchev–Trinajstić information content (AvgIpc) is 2.27. The van der Waals surface area contributed by atoms with Crippen molar-refractivity contribution in [1.29, 1.82) is 0 Å². The smallest absolute Gasteiger partial charge is 0.274 e. The lowest BCUT2D eigenvalue weighted by molar-refractivity contribution is -0.385. The third-order valence-corrected chi connectivity index (χ3v) is 2.59. The van der Waals surface area contributed by atoms with Gasteiger partial charge in [-0.25, -0.2) is 0 Å². The van der Waals surface area contributed by atoms with Gasteiger partial charge in [0.05, 0.1) is 11.5 Å². The predicted octanol–water partition coefficient (Wildman–Crippen LogP) is 2.60. The van der Waals surface area contributed by atoms with E-state index < -0.39 is 0 Å². The van der Waals surface area contributed by atoms with E-state index in [1.165, 1.54) is 6.07 Å². The lowest BCUT2D eigenvalue weighted by Gasteiger charge is -2.14. The van der Waals surface area contributed by atoms with Gasteiger partial charge in [0.25, 0.3) is 5.69 Å². The Hall–Kier alpha value is -1.62. The largest absolute Gasteiger partial charge is 0.384 e. The molecule has 1 N–H and O–H groups in total. The number of nitrogens with one attached hydrogen (secondary N) is 1. The molecule has 0 aliphatic heterocycles. The molecule has 1 unspecified atom stereocenters. The number of hydrogen-bond donors (Lipinski definition) is 1. The van der Waals surface area contributed by atoms with Crippen LogP contribution in [0.5, 0.6) is 0 Å². The highest BCUT2D eigenvalue weighted by molar-refractivity contribution is 5.59. The Balaban J connectivity index is 2.72. The third-order valence-electron chi connectivity index (χ3n) is 2.59. The van der Waals surface area contributed by atoms with Crippen LogP contribution in [0.2, 0.25) is 0 Å². The molecule has 1 rings (SSSR count). The summed E-state index contributed by atoms with van der Waals surface area (Å²) in [7, 11) is 1.66. The van der Waals surface area contributed by atoms with Crippen molar-refractivity contribution >= 4 is 11.4 Å². The highest BCUT2D eigenvalue weighted by atomic mass is 16.6. The zero-order chi connectivity index (χ0) is 12.8. The van der Waals surface area contributed by atoms with E-state index in [0.29, 0.717) is 18.1 Å². The number of methoxy groups -OCH3 is 1. The van der Waals surface area contributed by atoms with Crippen molar-refractivity contribution in [2.45, 2.75) is 13.8 Å². The van der Waals surface area contributed by atoms with Crippen molar-refractivity contribution in [3.63, 3.8) is 0 Å². The summed E-state index contributed by atoms with van der Waals surface area (Å²) in [5, 5.41) is 14.0. The summed E-state index contributed by atoms with van der Waals surface area (Å²) in [6.07, 6.45) is 0. The van der Waals surface area contributed by atoms with Gasteiger partial charge in [-0.15, -0.1) is 0 Å². The monoisotopic (exact) mass is 238 g/mol. The van der Waals surface area contributed by atoms with E-state index in [-0.39, 0.29) is 10.6 Å². The lowest BCUT2D eigenvalue weighted by Crippen LogP contribution is -2.16. The summed E-state index contributed by atoms with van der Waals surface area (Å²) < 4.78 is 5.04. The van der Waals surface area contributed by atoms with Crippen LogP contribution in [-0.2, 0) is 4.74 Å². The van der Waals surface area contributed by atoms with E-state index in [1.807, 2.05) is 6.07 Å². The number of ether oxygens (including phenoxy) is 1. The van der Waals surface area contributed by atoms with Crippen molar-refractivity contribution in [1.82, 2.24) is 0 Å². The Labute approximate surface area is 101 Å². The summed E-state index contributed by atoms with van der Waals surface area (Å²) in [6, 6.07) is 5.05. The van der Waals surface area contributed by atoms with Gasteiger partial charge in [-0.05, 0) is 18.9 Å². The summed E-state index contributed by atoms with van der Waals surface area (Å²) in [4.78, 5) is 10.4. The van der Waals surface area contributed by atoms with Crippen LogP contribution in [-0.4, -0.2) is 25.2 Å². The maximum atomic E-state index is 10.8. The summed E-state index contributed by atoms with van der Waals surface area (Å²) in [5.74, 6) is 0.360. The molecule has 17 heavy (non-hydrogen) atoms. The van der Waals surface area contributed by atoms with Crippen LogP contribution < -0.4 is 5.32 Å². The number of nitro groups is 1. The first-order valence-electron chi connectivity index (χ1n) is 5.53. The van der Waals surface area contributed by atoms with Gasteiger partial charge in [0.2, 0.25) is 0 Å². The molecule has 0 saturated carbocycles. The van der Waals surface area contributed by atoms with Crippen LogP contribution >= 0.6 is 0 Å². The molecule has 0 amide bonds.